The fourth-order valence-electron chi connectivity index (χ4n) is 2.55. The van der Waals surface area contributed by atoms with E-state index in [1.54, 1.807) is 16.8 Å². The minimum atomic E-state index is -0.809. The average Bonchev–Trinajstić information content (AvgIpc) is 3.29. The van der Waals surface area contributed by atoms with Crippen LogP contribution in [0.4, 0.5) is 5.69 Å². The lowest BCUT2D eigenvalue weighted by atomic mass is 10.0. The molecule has 0 radical (unpaired) electrons. The molecule has 108 valence electrons. The van der Waals surface area contributed by atoms with Crippen molar-refractivity contribution in [2.24, 2.45) is 5.41 Å². The molecule has 4 nitrogen and oxygen atoms in total. The highest BCUT2D eigenvalue weighted by atomic mass is 16.2. The summed E-state index contributed by atoms with van der Waals surface area (Å²) in [5, 5.41) is 0. The van der Waals surface area contributed by atoms with Crippen molar-refractivity contribution in [2.75, 3.05) is 25.0 Å². The van der Waals surface area contributed by atoms with Crippen molar-refractivity contribution in [1.29, 1.82) is 0 Å². The Morgan fingerprint density at radius 3 is 2.05 bits per heavy atom. The molecule has 4 heteroatoms. The van der Waals surface area contributed by atoms with Crippen LogP contribution in [-0.2, 0) is 9.59 Å². The molecular weight excluding hydrogens is 252 g/mol. The van der Waals surface area contributed by atoms with Gasteiger partial charge in [-0.25, -0.2) is 0 Å². The molecule has 2 amide bonds. The van der Waals surface area contributed by atoms with Crippen LogP contribution >= 0.6 is 0 Å². The maximum Gasteiger partial charge on any atom is 0.242 e. The summed E-state index contributed by atoms with van der Waals surface area (Å²) in [6, 6.07) is 9.47. The second-order valence-electron chi connectivity index (χ2n) is 5.26. The van der Waals surface area contributed by atoms with Crippen LogP contribution in [0.5, 0.6) is 0 Å². The number of anilines is 1. The number of rotatable bonds is 5. The Morgan fingerprint density at radius 1 is 1.05 bits per heavy atom. The molecule has 0 bridgehead atoms. The molecule has 0 N–H and O–H groups in total. The molecule has 0 aliphatic heterocycles. The first kappa shape index (κ1) is 14.6. The highest BCUT2D eigenvalue weighted by Crippen LogP contribution is 2.49. The first-order valence-corrected chi connectivity index (χ1v) is 7.19. The number of hydrogen-bond donors (Lipinski definition) is 0. The van der Waals surface area contributed by atoms with E-state index in [1.165, 1.54) is 0 Å². The summed E-state index contributed by atoms with van der Waals surface area (Å²) in [5.41, 5.74) is 0.0208. The topological polar surface area (TPSA) is 40.6 Å². The average molecular weight is 274 g/mol. The van der Waals surface area contributed by atoms with Gasteiger partial charge in [-0.05, 0) is 38.8 Å². The third-order valence-electron chi connectivity index (χ3n) is 4.07. The van der Waals surface area contributed by atoms with Crippen LogP contribution in [0.1, 0.15) is 26.7 Å². The van der Waals surface area contributed by atoms with Gasteiger partial charge in [0.15, 0.2) is 0 Å². The van der Waals surface area contributed by atoms with E-state index in [0.717, 1.165) is 5.69 Å². The van der Waals surface area contributed by atoms with E-state index in [0.29, 0.717) is 25.9 Å². The zero-order valence-corrected chi connectivity index (χ0v) is 12.4. The number of amides is 2. The third kappa shape index (κ3) is 2.42. The van der Waals surface area contributed by atoms with Crippen LogP contribution in [0.15, 0.2) is 30.3 Å². The van der Waals surface area contributed by atoms with Gasteiger partial charge in [-0.1, -0.05) is 18.2 Å². The first-order chi connectivity index (χ1) is 9.56. The largest absolute Gasteiger partial charge is 0.342 e. The minimum Gasteiger partial charge on any atom is -0.342 e. The molecule has 1 aliphatic carbocycles. The molecular formula is C16H22N2O2. The van der Waals surface area contributed by atoms with Gasteiger partial charge >= 0.3 is 0 Å². The molecule has 0 atom stereocenters. The van der Waals surface area contributed by atoms with Gasteiger partial charge in [-0.3, -0.25) is 9.59 Å². The first-order valence-electron chi connectivity index (χ1n) is 7.19. The molecule has 1 aliphatic rings. The SMILES string of the molecule is CCN(CC)C(=O)C1(C(=O)N(C)c2ccccc2)CC1. The van der Waals surface area contributed by atoms with Crippen molar-refractivity contribution in [3.63, 3.8) is 0 Å². The molecule has 1 fully saturated rings. The molecule has 1 saturated carbocycles. The molecule has 0 spiro atoms. The summed E-state index contributed by atoms with van der Waals surface area (Å²) in [5.74, 6) is -0.101. The van der Waals surface area contributed by atoms with Crippen LogP contribution in [-0.4, -0.2) is 36.9 Å². The summed E-state index contributed by atoms with van der Waals surface area (Å²) in [6.45, 7) is 5.20. The molecule has 1 aromatic rings. The molecule has 0 aromatic heterocycles. The number of para-hydroxylation sites is 1. The smallest absolute Gasteiger partial charge is 0.242 e. The molecule has 0 heterocycles. The van der Waals surface area contributed by atoms with Gasteiger partial charge in [-0.15, -0.1) is 0 Å². The summed E-state index contributed by atoms with van der Waals surface area (Å²) in [6.07, 6.45) is 1.33. The Bertz CT molecular complexity index is 490. The summed E-state index contributed by atoms with van der Waals surface area (Å²) >= 11 is 0. The van der Waals surface area contributed by atoms with Gasteiger partial charge in [0.05, 0.1) is 0 Å². The van der Waals surface area contributed by atoms with Gasteiger partial charge in [0.1, 0.15) is 5.41 Å². The van der Waals surface area contributed by atoms with Crippen molar-refractivity contribution >= 4 is 17.5 Å². The zero-order valence-electron chi connectivity index (χ0n) is 12.4. The molecule has 2 rings (SSSR count). The monoisotopic (exact) mass is 274 g/mol. The van der Waals surface area contributed by atoms with Crippen LogP contribution in [0.25, 0.3) is 0 Å². The summed E-state index contributed by atoms with van der Waals surface area (Å²) < 4.78 is 0. The lowest BCUT2D eigenvalue weighted by Gasteiger charge is -2.27. The Balaban J connectivity index is 2.18. The number of nitrogens with zero attached hydrogens (tertiary/aromatic N) is 2. The standard InChI is InChI=1S/C16H22N2O2/c1-4-18(5-2)15(20)16(11-12-16)14(19)17(3)13-9-7-6-8-10-13/h6-10H,4-5,11-12H2,1-3H3. The quantitative estimate of drug-likeness (QED) is 0.773. The second-order valence-corrected chi connectivity index (χ2v) is 5.26. The van der Waals surface area contributed by atoms with Crippen LogP contribution in [0.2, 0.25) is 0 Å². The Hall–Kier alpha value is -1.84. The molecule has 20 heavy (non-hydrogen) atoms. The molecule has 1 aromatic carbocycles. The summed E-state index contributed by atoms with van der Waals surface area (Å²) in [4.78, 5) is 28.6. The van der Waals surface area contributed by atoms with E-state index in [1.807, 2.05) is 44.2 Å². The molecule has 0 saturated heterocycles. The maximum absolute atomic E-state index is 12.7. The Kier molecular flexibility index (Phi) is 4.12. The van der Waals surface area contributed by atoms with Crippen molar-refractivity contribution in [2.45, 2.75) is 26.7 Å². The van der Waals surface area contributed by atoms with Gasteiger partial charge < -0.3 is 9.80 Å². The van der Waals surface area contributed by atoms with Gasteiger partial charge in [-0.2, -0.15) is 0 Å². The van der Waals surface area contributed by atoms with Crippen molar-refractivity contribution in [3.8, 4) is 0 Å². The number of carbonyl (C=O) groups excluding carboxylic acids is 2. The molecule has 0 unspecified atom stereocenters. The van der Waals surface area contributed by atoms with E-state index in [9.17, 15) is 9.59 Å². The highest BCUT2D eigenvalue weighted by Gasteiger charge is 2.58. The lowest BCUT2D eigenvalue weighted by molar-refractivity contribution is -0.142. The van der Waals surface area contributed by atoms with E-state index in [-0.39, 0.29) is 11.8 Å². The van der Waals surface area contributed by atoms with Gasteiger partial charge in [0.25, 0.3) is 0 Å². The van der Waals surface area contributed by atoms with E-state index < -0.39 is 5.41 Å². The van der Waals surface area contributed by atoms with Crippen LogP contribution < -0.4 is 4.90 Å². The Labute approximate surface area is 120 Å². The lowest BCUT2D eigenvalue weighted by Crippen LogP contribution is -2.45. The predicted molar refractivity (Wildman–Crippen MR) is 79.4 cm³/mol. The van der Waals surface area contributed by atoms with Crippen LogP contribution in [0.3, 0.4) is 0 Å². The second kappa shape index (κ2) is 5.65. The maximum atomic E-state index is 12.7. The zero-order chi connectivity index (χ0) is 14.8. The highest BCUT2D eigenvalue weighted by molar-refractivity contribution is 6.13. The van der Waals surface area contributed by atoms with E-state index in [4.69, 9.17) is 0 Å². The number of hydrogen-bond acceptors (Lipinski definition) is 2. The summed E-state index contributed by atoms with van der Waals surface area (Å²) in [7, 11) is 1.74. The normalized spacial score (nSPS) is 15.6. The number of carbonyl (C=O) groups is 2. The third-order valence-corrected chi connectivity index (χ3v) is 4.07. The predicted octanol–water partition coefficient (Wildman–Crippen LogP) is 2.30. The Morgan fingerprint density at radius 2 is 1.60 bits per heavy atom. The van der Waals surface area contributed by atoms with E-state index >= 15 is 0 Å². The minimum absolute atomic E-state index is 0.0183. The van der Waals surface area contributed by atoms with Crippen molar-refractivity contribution < 1.29 is 9.59 Å². The van der Waals surface area contributed by atoms with Crippen LogP contribution in [0, 0.1) is 5.41 Å². The fourth-order valence-corrected chi connectivity index (χ4v) is 2.55. The fraction of sp³-hybridized carbons (Fsp3) is 0.500. The van der Waals surface area contributed by atoms with Gasteiger partial charge in [0.2, 0.25) is 11.8 Å². The van der Waals surface area contributed by atoms with Gasteiger partial charge in [0, 0.05) is 25.8 Å². The van der Waals surface area contributed by atoms with E-state index in [2.05, 4.69) is 0 Å². The number of benzene rings is 1. The van der Waals surface area contributed by atoms with Crippen molar-refractivity contribution in [3.05, 3.63) is 30.3 Å². The van der Waals surface area contributed by atoms with Crippen molar-refractivity contribution in [1.82, 2.24) is 4.90 Å².